The molecule has 2 aromatic heterocycles. The van der Waals surface area contributed by atoms with Crippen molar-refractivity contribution in [1.82, 2.24) is 19.0 Å². The Kier molecular flexibility index (Phi) is 5.95. The maximum Gasteiger partial charge on any atom is 0.419 e. The average molecular weight is 470 g/mol. The molecule has 3 heterocycles. The summed E-state index contributed by atoms with van der Waals surface area (Å²) in [4.78, 5) is 31.2. The van der Waals surface area contributed by atoms with Gasteiger partial charge in [0.25, 0.3) is 5.56 Å². The lowest BCUT2D eigenvalue weighted by molar-refractivity contribution is -0.140. The second-order valence-corrected chi connectivity index (χ2v) is 7.72. The quantitative estimate of drug-likeness (QED) is 0.538. The highest BCUT2D eigenvalue weighted by atomic mass is 19.4. The van der Waals surface area contributed by atoms with E-state index in [2.05, 4.69) is 4.98 Å². The van der Waals surface area contributed by atoms with Crippen LogP contribution in [0.1, 0.15) is 12.0 Å². The Bertz CT molecular complexity index is 1270. The topological polar surface area (TPSA) is 69.4 Å². The van der Waals surface area contributed by atoms with Crippen LogP contribution >= 0.6 is 0 Å². The fourth-order valence-corrected chi connectivity index (χ4v) is 3.88. The summed E-state index contributed by atoms with van der Waals surface area (Å²) < 4.78 is 74.4. The summed E-state index contributed by atoms with van der Waals surface area (Å²) in [6, 6.07) is 2.43. The Balaban J connectivity index is 1.82. The number of alkyl halides is 4. The van der Waals surface area contributed by atoms with Crippen LogP contribution in [-0.2, 0) is 29.0 Å². The summed E-state index contributed by atoms with van der Waals surface area (Å²) in [5.41, 5.74) is -1.99. The first kappa shape index (κ1) is 22.9. The van der Waals surface area contributed by atoms with Crippen molar-refractivity contribution in [3.63, 3.8) is 0 Å². The Morgan fingerprint density at radius 2 is 2.03 bits per heavy atom. The van der Waals surface area contributed by atoms with Crippen LogP contribution in [0, 0.1) is 5.82 Å². The standard InChI is InChI=1S/C21H19F5N4O3/c1-33-11-30-8-14(12-2-3-16(23)15(6-12)21(24,25)26)18-19(30)27-10-29(20(18)32)9-17(31)28-5-4-13(22)7-28/h2-3,6,8,10,13H,4-5,7,9,11H2,1H3. The van der Waals surface area contributed by atoms with Gasteiger partial charge in [0.05, 0.1) is 17.5 Å². The first-order valence-electron chi connectivity index (χ1n) is 9.96. The van der Waals surface area contributed by atoms with Gasteiger partial charge in [0.2, 0.25) is 5.91 Å². The number of hydrogen-bond acceptors (Lipinski definition) is 4. The van der Waals surface area contributed by atoms with Crippen LogP contribution in [-0.4, -0.2) is 51.3 Å². The summed E-state index contributed by atoms with van der Waals surface area (Å²) in [5, 5.41) is -0.0492. The molecular formula is C21H19F5N4O3. The highest BCUT2D eigenvalue weighted by Gasteiger charge is 2.34. The van der Waals surface area contributed by atoms with Gasteiger partial charge in [-0.2, -0.15) is 13.2 Å². The largest absolute Gasteiger partial charge is 0.419 e. The molecule has 4 rings (SSSR count). The van der Waals surface area contributed by atoms with Crippen LogP contribution < -0.4 is 5.56 Å². The van der Waals surface area contributed by atoms with Gasteiger partial charge < -0.3 is 14.2 Å². The van der Waals surface area contributed by atoms with Gasteiger partial charge in [0.1, 0.15) is 37.2 Å². The van der Waals surface area contributed by atoms with E-state index in [9.17, 15) is 31.5 Å². The molecule has 1 aliphatic rings. The molecule has 0 saturated carbocycles. The van der Waals surface area contributed by atoms with Crippen molar-refractivity contribution in [2.75, 3.05) is 20.2 Å². The normalized spacial score (nSPS) is 16.7. The maximum atomic E-state index is 13.8. The number of carbonyl (C=O) groups is 1. The minimum absolute atomic E-state index is 0.0492. The zero-order valence-electron chi connectivity index (χ0n) is 17.4. The molecule has 0 bridgehead atoms. The fraction of sp³-hybridized carbons (Fsp3) is 0.381. The number of ether oxygens (including phenoxy) is 1. The van der Waals surface area contributed by atoms with E-state index >= 15 is 0 Å². The molecule has 0 radical (unpaired) electrons. The van der Waals surface area contributed by atoms with Gasteiger partial charge >= 0.3 is 6.18 Å². The molecule has 7 nitrogen and oxygen atoms in total. The van der Waals surface area contributed by atoms with Gasteiger partial charge in [-0.05, 0) is 24.1 Å². The highest BCUT2D eigenvalue weighted by Crippen LogP contribution is 2.36. The van der Waals surface area contributed by atoms with Gasteiger partial charge in [0.15, 0.2) is 0 Å². The molecule has 176 valence electrons. The third-order valence-corrected chi connectivity index (χ3v) is 5.48. The molecule has 0 spiro atoms. The van der Waals surface area contributed by atoms with Crippen molar-refractivity contribution >= 4 is 16.9 Å². The number of nitrogens with zero attached hydrogens (tertiary/aromatic N) is 4. The zero-order chi connectivity index (χ0) is 23.9. The minimum Gasteiger partial charge on any atom is -0.364 e. The molecule has 3 aromatic rings. The third kappa shape index (κ3) is 4.34. The Morgan fingerprint density at radius 3 is 2.67 bits per heavy atom. The number of aromatic nitrogens is 3. The number of halogens is 5. The van der Waals surface area contributed by atoms with Gasteiger partial charge in [-0.1, -0.05) is 6.07 Å². The maximum absolute atomic E-state index is 13.8. The van der Waals surface area contributed by atoms with Gasteiger partial charge in [-0.25, -0.2) is 13.8 Å². The third-order valence-electron chi connectivity index (χ3n) is 5.48. The molecule has 33 heavy (non-hydrogen) atoms. The smallest absolute Gasteiger partial charge is 0.364 e. The number of amides is 1. The molecule has 1 fully saturated rings. The van der Waals surface area contributed by atoms with Crippen molar-refractivity contribution in [1.29, 1.82) is 0 Å². The van der Waals surface area contributed by atoms with Crippen LogP contribution in [0.3, 0.4) is 0 Å². The zero-order valence-corrected chi connectivity index (χ0v) is 17.4. The second kappa shape index (κ2) is 8.58. The number of methoxy groups -OCH3 is 1. The summed E-state index contributed by atoms with van der Waals surface area (Å²) in [5.74, 6) is -1.91. The molecule has 1 amide bonds. The molecule has 12 heteroatoms. The molecule has 1 aliphatic heterocycles. The molecular weight excluding hydrogens is 451 g/mol. The van der Waals surface area contributed by atoms with Crippen LogP contribution in [0.25, 0.3) is 22.2 Å². The fourth-order valence-electron chi connectivity index (χ4n) is 3.88. The van der Waals surface area contributed by atoms with E-state index in [1.807, 2.05) is 0 Å². The summed E-state index contributed by atoms with van der Waals surface area (Å²) in [6.07, 6.45) is -3.31. The Hall–Kier alpha value is -3.28. The Morgan fingerprint density at radius 1 is 1.27 bits per heavy atom. The lowest BCUT2D eigenvalue weighted by Gasteiger charge is -2.16. The number of rotatable bonds is 5. The van der Waals surface area contributed by atoms with Crippen LogP contribution in [0.5, 0.6) is 0 Å². The highest BCUT2D eigenvalue weighted by molar-refractivity contribution is 5.93. The van der Waals surface area contributed by atoms with Crippen LogP contribution in [0.15, 0.2) is 35.5 Å². The van der Waals surface area contributed by atoms with E-state index in [1.165, 1.54) is 22.8 Å². The first-order chi connectivity index (χ1) is 15.6. The van der Waals surface area contributed by atoms with E-state index in [4.69, 9.17) is 4.74 Å². The predicted molar refractivity (Wildman–Crippen MR) is 107 cm³/mol. The predicted octanol–water partition coefficient (Wildman–Crippen LogP) is 3.20. The molecule has 1 saturated heterocycles. The van der Waals surface area contributed by atoms with Crippen molar-refractivity contribution in [3.8, 4) is 11.1 Å². The molecule has 0 aliphatic carbocycles. The van der Waals surface area contributed by atoms with E-state index in [1.54, 1.807) is 0 Å². The summed E-state index contributed by atoms with van der Waals surface area (Å²) in [6.45, 7) is -0.282. The van der Waals surface area contributed by atoms with Crippen molar-refractivity contribution in [3.05, 3.63) is 52.5 Å². The number of hydrogen-bond donors (Lipinski definition) is 0. The SMILES string of the molecule is COCn1cc(-c2ccc(F)c(C(F)(F)F)c2)c2c(=O)n(CC(=O)N3CCC(F)C3)cnc21. The minimum atomic E-state index is -4.93. The van der Waals surface area contributed by atoms with Gasteiger partial charge in [0, 0.05) is 25.4 Å². The monoisotopic (exact) mass is 470 g/mol. The average Bonchev–Trinajstić information content (AvgIpc) is 3.34. The first-order valence-corrected chi connectivity index (χ1v) is 9.96. The van der Waals surface area contributed by atoms with Gasteiger partial charge in [-0.15, -0.1) is 0 Å². The number of likely N-dealkylation sites (tertiary alicyclic amines) is 1. The van der Waals surface area contributed by atoms with E-state index < -0.39 is 41.7 Å². The van der Waals surface area contributed by atoms with Crippen molar-refractivity contribution in [2.24, 2.45) is 0 Å². The molecule has 0 N–H and O–H groups in total. The molecule has 1 atom stereocenters. The van der Waals surface area contributed by atoms with Crippen LogP contribution in [0.2, 0.25) is 0 Å². The van der Waals surface area contributed by atoms with Gasteiger partial charge in [-0.3, -0.25) is 14.2 Å². The van der Waals surface area contributed by atoms with Crippen molar-refractivity contribution in [2.45, 2.75) is 32.0 Å². The number of benzene rings is 1. The van der Waals surface area contributed by atoms with E-state index in [0.717, 1.165) is 17.0 Å². The lowest BCUT2D eigenvalue weighted by Crippen LogP contribution is -2.35. The Labute approximate surface area is 184 Å². The summed E-state index contributed by atoms with van der Waals surface area (Å²) in [7, 11) is 1.39. The number of carbonyl (C=O) groups excluding carboxylic acids is 1. The molecule has 1 aromatic carbocycles. The van der Waals surface area contributed by atoms with Crippen molar-refractivity contribution < 1.29 is 31.5 Å². The van der Waals surface area contributed by atoms with Crippen LogP contribution in [0.4, 0.5) is 22.0 Å². The van der Waals surface area contributed by atoms with E-state index in [0.29, 0.717) is 12.1 Å². The van der Waals surface area contributed by atoms with E-state index in [-0.39, 0.29) is 48.4 Å². The second-order valence-electron chi connectivity index (χ2n) is 7.72. The summed E-state index contributed by atoms with van der Waals surface area (Å²) >= 11 is 0. The molecule has 1 unspecified atom stereocenters. The lowest BCUT2D eigenvalue weighted by atomic mass is 10.0. The number of fused-ring (bicyclic) bond motifs is 1.